The molecule has 1 heterocycles. The molecule has 0 spiro atoms. The smallest absolute Gasteiger partial charge is 0.145 e. The van der Waals surface area contributed by atoms with Gasteiger partial charge in [-0.15, -0.1) is 11.3 Å². The van der Waals surface area contributed by atoms with Crippen LogP contribution in [0, 0.1) is 5.82 Å². The summed E-state index contributed by atoms with van der Waals surface area (Å²) in [6.45, 7) is 2.85. The van der Waals surface area contributed by atoms with E-state index in [0.29, 0.717) is 12.0 Å². The van der Waals surface area contributed by atoms with Crippen molar-refractivity contribution in [2.45, 2.75) is 19.4 Å². The third kappa shape index (κ3) is 3.07. The fourth-order valence-electron chi connectivity index (χ4n) is 1.84. The molecule has 0 radical (unpaired) electrons. The van der Waals surface area contributed by atoms with Crippen molar-refractivity contribution in [2.75, 3.05) is 6.54 Å². The normalized spacial score (nSPS) is 12.6. The zero-order chi connectivity index (χ0) is 13.0. The first-order valence-electron chi connectivity index (χ1n) is 5.77. The molecule has 2 nitrogen and oxygen atoms in total. The molecule has 0 aliphatic carbocycles. The summed E-state index contributed by atoms with van der Waals surface area (Å²) < 4.78 is 13.9. The summed E-state index contributed by atoms with van der Waals surface area (Å²) in [6, 6.07) is 5.19. The highest BCUT2D eigenvalue weighted by Crippen LogP contribution is 2.25. The van der Waals surface area contributed by atoms with Gasteiger partial charge in [0.15, 0.2) is 0 Å². The summed E-state index contributed by atoms with van der Waals surface area (Å²) in [5, 5.41) is 3.51. The lowest BCUT2D eigenvalue weighted by Crippen LogP contribution is -2.22. The van der Waals surface area contributed by atoms with Gasteiger partial charge in [-0.3, -0.25) is 4.98 Å². The molecule has 2 rings (SSSR count). The summed E-state index contributed by atoms with van der Waals surface area (Å²) in [5.74, 6) is -0.327. The van der Waals surface area contributed by atoms with Gasteiger partial charge in [0, 0.05) is 17.1 Å². The zero-order valence-electron chi connectivity index (χ0n) is 9.99. The van der Waals surface area contributed by atoms with Crippen LogP contribution < -0.4 is 5.32 Å². The number of halogens is 2. The van der Waals surface area contributed by atoms with Crippen LogP contribution >= 0.6 is 22.9 Å². The van der Waals surface area contributed by atoms with Crippen molar-refractivity contribution in [3.63, 3.8) is 0 Å². The summed E-state index contributed by atoms with van der Waals surface area (Å²) >= 11 is 7.37. The molecule has 0 saturated carbocycles. The second-order valence-corrected chi connectivity index (χ2v) is 5.26. The first kappa shape index (κ1) is 13.5. The number of rotatable bonds is 5. The van der Waals surface area contributed by atoms with Gasteiger partial charge in [-0.25, -0.2) is 4.39 Å². The second-order valence-electron chi connectivity index (χ2n) is 3.93. The fraction of sp³-hybridized carbons (Fsp3) is 0.308. The summed E-state index contributed by atoms with van der Waals surface area (Å²) in [5.41, 5.74) is 2.41. The van der Waals surface area contributed by atoms with Gasteiger partial charge in [0.05, 0.1) is 10.5 Å². The van der Waals surface area contributed by atoms with Crippen LogP contribution in [0.25, 0.3) is 0 Å². The Hall–Kier alpha value is -0.970. The van der Waals surface area contributed by atoms with Gasteiger partial charge >= 0.3 is 0 Å². The van der Waals surface area contributed by atoms with Gasteiger partial charge in [0.25, 0.3) is 0 Å². The van der Waals surface area contributed by atoms with E-state index in [-0.39, 0.29) is 16.9 Å². The van der Waals surface area contributed by atoms with E-state index in [1.807, 2.05) is 13.1 Å². The fourth-order valence-corrected chi connectivity index (χ4v) is 2.73. The lowest BCUT2D eigenvalue weighted by molar-refractivity contribution is 0.534. The van der Waals surface area contributed by atoms with Crippen LogP contribution in [-0.2, 0) is 6.42 Å². The molecule has 0 bridgehead atoms. The average molecular weight is 285 g/mol. The van der Waals surface area contributed by atoms with Gasteiger partial charge in [0.2, 0.25) is 0 Å². The monoisotopic (exact) mass is 284 g/mol. The summed E-state index contributed by atoms with van der Waals surface area (Å²) in [6.07, 6.45) is 2.39. The van der Waals surface area contributed by atoms with Gasteiger partial charge in [-0.05, 0) is 24.6 Å². The average Bonchev–Trinajstić information content (AvgIpc) is 2.88. The molecule has 1 N–H and O–H groups in total. The van der Waals surface area contributed by atoms with Crippen LogP contribution in [0.2, 0.25) is 5.02 Å². The number of benzene rings is 1. The minimum Gasteiger partial charge on any atom is -0.309 e. The largest absolute Gasteiger partial charge is 0.309 e. The Morgan fingerprint density at radius 1 is 1.50 bits per heavy atom. The molecule has 2 aromatic rings. The highest BCUT2D eigenvalue weighted by molar-refractivity contribution is 7.09. The van der Waals surface area contributed by atoms with E-state index in [1.54, 1.807) is 35.0 Å². The molecule has 0 aliphatic heterocycles. The van der Waals surface area contributed by atoms with E-state index < -0.39 is 0 Å². The number of aromatic nitrogens is 1. The van der Waals surface area contributed by atoms with Crippen LogP contribution in [-0.4, -0.2) is 11.5 Å². The number of hydrogen-bond donors (Lipinski definition) is 1. The molecule has 1 unspecified atom stereocenters. The first-order valence-corrected chi connectivity index (χ1v) is 7.02. The van der Waals surface area contributed by atoms with Gasteiger partial charge < -0.3 is 5.32 Å². The lowest BCUT2D eigenvalue weighted by atomic mass is 10.0. The Bertz CT molecular complexity index is 502. The third-order valence-corrected chi connectivity index (χ3v) is 3.88. The van der Waals surface area contributed by atoms with Crippen LogP contribution in [0.1, 0.15) is 23.4 Å². The quantitative estimate of drug-likeness (QED) is 0.903. The Morgan fingerprint density at radius 2 is 2.33 bits per heavy atom. The Labute approximate surface area is 115 Å². The molecular weight excluding hydrogens is 271 g/mol. The molecule has 0 fully saturated rings. The molecule has 18 heavy (non-hydrogen) atoms. The van der Waals surface area contributed by atoms with Crippen molar-refractivity contribution in [3.8, 4) is 0 Å². The van der Waals surface area contributed by atoms with E-state index >= 15 is 0 Å². The van der Waals surface area contributed by atoms with Crippen molar-refractivity contribution < 1.29 is 4.39 Å². The van der Waals surface area contributed by atoms with Crippen molar-refractivity contribution in [1.82, 2.24) is 10.3 Å². The number of hydrogen-bond acceptors (Lipinski definition) is 3. The van der Waals surface area contributed by atoms with Gasteiger partial charge in [-0.2, -0.15) is 0 Å². The van der Waals surface area contributed by atoms with Crippen LogP contribution in [0.3, 0.4) is 0 Å². The van der Waals surface area contributed by atoms with Crippen molar-refractivity contribution in [2.24, 2.45) is 0 Å². The van der Waals surface area contributed by atoms with Crippen LogP contribution in [0.4, 0.5) is 4.39 Å². The van der Waals surface area contributed by atoms with E-state index in [4.69, 9.17) is 11.6 Å². The molecule has 1 aromatic carbocycles. The Morgan fingerprint density at radius 3 is 3.00 bits per heavy atom. The molecule has 5 heteroatoms. The highest BCUT2D eigenvalue weighted by atomic mass is 35.5. The standard InChI is InChI=1S/C13H14ClFN2S/c1-2-17-11(12-7-16-8-18-12)6-9-4-3-5-10(14)13(9)15/h3-5,7-8,11,17H,2,6H2,1H3. The first-order chi connectivity index (χ1) is 8.72. The Kier molecular flexibility index (Phi) is 4.69. The molecule has 0 aliphatic rings. The SMILES string of the molecule is CCNC(Cc1cccc(Cl)c1F)c1cncs1. The summed E-state index contributed by atoms with van der Waals surface area (Å²) in [7, 11) is 0. The van der Waals surface area contributed by atoms with Crippen LogP contribution in [0.5, 0.6) is 0 Å². The van der Waals surface area contributed by atoms with E-state index in [0.717, 1.165) is 11.4 Å². The maximum atomic E-state index is 13.9. The number of nitrogens with one attached hydrogen (secondary N) is 1. The van der Waals surface area contributed by atoms with Gasteiger partial charge in [-0.1, -0.05) is 30.7 Å². The highest BCUT2D eigenvalue weighted by Gasteiger charge is 2.16. The van der Waals surface area contributed by atoms with E-state index in [2.05, 4.69) is 10.3 Å². The maximum Gasteiger partial charge on any atom is 0.145 e. The molecule has 0 amide bonds. The molecule has 1 aromatic heterocycles. The Balaban J connectivity index is 2.21. The predicted octanol–water partition coefficient (Wildman–Crippen LogP) is 3.83. The lowest BCUT2D eigenvalue weighted by Gasteiger charge is -2.16. The molecule has 1 atom stereocenters. The van der Waals surface area contributed by atoms with Crippen molar-refractivity contribution in [3.05, 3.63) is 51.2 Å². The second kappa shape index (κ2) is 6.27. The van der Waals surface area contributed by atoms with Gasteiger partial charge in [0.1, 0.15) is 5.82 Å². The maximum absolute atomic E-state index is 13.9. The third-order valence-electron chi connectivity index (χ3n) is 2.70. The number of likely N-dealkylation sites (N-methyl/N-ethyl adjacent to an activating group) is 1. The number of nitrogens with zero attached hydrogens (tertiary/aromatic N) is 1. The molecular formula is C13H14ClFN2S. The minimum absolute atomic E-state index is 0.0791. The van der Waals surface area contributed by atoms with E-state index in [1.165, 1.54) is 0 Å². The van der Waals surface area contributed by atoms with Crippen molar-refractivity contribution in [1.29, 1.82) is 0 Å². The predicted molar refractivity (Wildman–Crippen MR) is 73.6 cm³/mol. The zero-order valence-corrected chi connectivity index (χ0v) is 11.6. The van der Waals surface area contributed by atoms with Crippen LogP contribution in [0.15, 0.2) is 29.9 Å². The molecule has 96 valence electrons. The minimum atomic E-state index is -0.327. The molecule has 0 saturated heterocycles. The van der Waals surface area contributed by atoms with E-state index in [9.17, 15) is 4.39 Å². The number of thiazole rings is 1. The topological polar surface area (TPSA) is 24.9 Å². The van der Waals surface area contributed by atoms with Crippen molar-refractivity contribution >= 4 is 22.9 Å². The summed E-state index contributed by atoms with van der Waals surface area (Å²) in [4.78, 5) is 5.17.